The van der Waals surface area contributed by atoms with Crippen molar-refractivity contribution in [3.05, 3.63) is 48.0 Å². The Bertz CT molecular complexity index is 1050. The molecule has 0 atom stereocenters. The number of carbonyl (C=O) groups excluding carboxylic acids is 2. The van der Waals surface area contributed by atoms with Gasteiger partial charge in [-0.3, -0.25) is 14.9 Å². The number of benzene rings is 2. The molecule has 0 spiro atoms. The number of ether oxygens (including phenoxy) is 1. The van der Waals surface area contributed by atoms with Gasteiger partial charge in [0.25, 0.3) is 5.91 Å². The summed E-state index contributed by atoms with van der Waals surface area (Å²) in [6.45, 7) is 3.85. The first-order valence-corrected chi connectivity index (χ1v) is 9.70. The van der Waals surface area contributed by atoms with E-state index in [9.17, 15) is 9.59 Å². The number of rotatable bonds is 5. The molecule has 0 saturated heterocycles. The van der Waals surface area contributed by atoms with Crippen molar-refractivity contribution in [3.63, 3.8) is 0 Å². The van der Waals surface area contributed by atoms with E-state index in [1.807, 2.05) is 19.1 Å². The minimum atomic E-state index is -0.340. The molecule has 144 valence electrons. The topological polar surface area (TPSA) is 92.3 Å². The summed E-state index contributed by atoms with van der Waals surface area (Å²) in [6.07, 6.45) is 0. The van der Waals surface area contributed by atoms with Crippen LogP contribution in [0.4, 0.5) is 10.8 Å². The minimum Gasteiger partial charge on any atom is -0.494 e. The first-order chi connectivity index (χ1) is 13.4. The number of thiazole rings is 1. The Hall–Kier alpha value is -3.04. The third-order valence-electron chi connectivity index (χ3n) is 3.56. The van der Waals surface area contributed by atoms with E-state index in [-0.39, 0.29) is 16.9 Å². The Kier molecular flexibility index (Phi) is 6.17. The first-order valence-electron chi connectivity index (χ1n) is 8.48. The Morgan fingerprint density at radius 1 is 1.18 bits per heavy atom. The number of thiocarbonyl (C=S) groups is 1. The molecule has 1 aromatic heterocycles. The van der Waals surface area contributed by atoms with Crippen molar-refractivity contribution in [2.45, 2.75) is 13.8 Å². The molecular weight excluding hydrogens is 396 g/mol. The Morgan fingerprint density at radius 3 is 2.75 bits per heavy atom. The van der Waals surface area contributed by atoms with Crippen LogP contribution in [0.1, 0.15) is 24.2 Å². The molecule has 3 aromatic rings. The first kappa shape index (κ1) is 19.7. The fourth-order valence-electron chi connectivity index (χ4n) is 2.46. The third kappa shape index (κ3) is 5.02. The Balaban J connectivity index is 1.66. The molecule has 0 bridgehead atoms. The van der Waals surface area contributed by atoms with Gasteiger partial charge in [0.15, 0.2) is 10.2 Å². The second-order valence-electron chi connectivity index (χ2n) is 5.75. The number of hydrogen-bond donors (Lipinski definition) is 3. The van der Waals surface area contributed by atoms with Gasteiger partial charge in [-0.2, -0.15) is 0 Å². The van der Waals surface area contributed by atoms with Crippen molar-refractivity contribution in [2.75, 3.05) is 17.2 Å². The summed E-state index contributed by atoms with van der Waals surface area (Å²) in [5.74, 6) is 0.141. The summed E-state index contributed by atoms with van der Waals surface area (Å²) in [4.78, 5) is 28.0. The summed E-state index contributed by atoms with van der Waals surface area (Å²) in [6, 6.07) is 12.3. The van der Waals surface area contributed by atoms with E-state index in [2.05, 4.69) is 20.9 Å². The maximum Gasteiger partial charge on any atom is 0.257 e. The van der Waals surface area contributed by atoms with Crippen LogP contribution < -0.4 is 20.7 Å². The van der Waals surface area contributed by atoms with E-state index < -0.39 is 0 Å². The zero-order chi connectivity index (χ0) is 20.1. The van der Waals surface area contributed by atoms with Gasteiger partial charge in [0.05, 0.1) is 16.8 Å². The number of carbonyl (C=O) groups is 2. The van der Waals surface area contributed by atoms with Gasteiger partial charge in [-0.15, -0.1) is 0 Å². The maximum absolute atomic E-state index is 12.4. The number of nitrogens with one attached hydrogen (secondary N) is 3. The molecule has 3 rings (SSSR count). The second kappa shape index (κ2) is 8.77. The van der Waals surface area contributed by atoms with Crippen molar-refractivity contribution in [1.82, 2.24) is 10.3 Å². The fourth-order valence-corrected chi connectivity index (χ4v) is 3.62. The molecule has 2 amide bonds. The average Bonchev–Trinajstić information content (AvgIpc) is 3.03. The summed E-state index contributed by atoms with van der Waals surface area (Å²) in [5.41, 5.74) is 1.90. The molecule has 0 aliphatic rings. The van der Waals surface area contributed by atoms with E-state index in [1.165, 1.54) is 18.3 Å². The maximum atomic E-state index is 12.4. The van der Waals surface area contributed by atoms with Crippen LogP contribution in [0.15, 0.2) is 42.5 Å². The van der Waals surface area contributed by atoms with Crippen molar-refractivity contribution in [3.8, 4) is 5.75 Å². The average molecular weight is 415 g/mol. The van der Waals surface area contributed by atoms with Crippen LogP contribution in [0, 0.1) is 0 Å². The highest BCUT2D eigenvalue weighted by Crippen LogP contribution is 2.28. The highest BCUT2D eigenvalue weighted by Gasteiger charge is 2.11. The summed E-state index contributed by atoms with van der Waals surface area (Å²) < 4.78 is 6.28. The molecule has 3 N–H and O–H groups in total. The van der Waals surface area contributed by atoms with Gasteiger partial charge in [-0.1, -0.05) is 17.4 Å². The molecule has 0 unspecified atom stereocenters. The zero-order valence-electron chi connectivity index (χ0n) is 15.2. The van der Waals surface area contributed by atoms with Gasteiger partial charge in [0.1, 0.15) is 5.75 Å². The van der Waals surface area contributed by atoms with Crippen molar-refractivity contribution in [2.24, 2.45) is 0 Å². The Labute approximate surface area is 171 Å². The zero-order valence-corrected chi connectivity index (χ0v) is 16.9. The molecule has 1 heterocycles. The van der Waals surface area contributed by atoms with Crippen LogP contribution in [-0.2, 0) is 4.79 Å². The van der Waals surface area contributed by atoms with Crippen molar-refractivity contribution in [1.29, 1.82) is 0 Å². The van der Waals surface area contributed by atoms with Crippen LogP contribution in [0.2, 0.25) is 0 Å². The summed E-state index contributed by atoms with van der Waals surface area (Å²) in [5, 5.41) is 8.97. The summed E-state index contributed by atoms with van der Waals surface area (Å²) in [7, 11) is 0. The van der Waals surface area contributed by atoms with Crippen LogP contribution in [0.5, 0.6) is 5.75 Å². The normalized spacial score (nSPS) is 10.4. The van der Waals surface area contributed by atoms with E-state index in [4.69, 9.17) is 17.0 Å². The van der Waals surface area contributed by atoms with Crippen LogP contribution in [-0.4, -0.2) is 28.5 Å². The summed E-state index contributed by atoms with van der Waals surface area (Å²) >= 11 is 6.59. The molecule has 0 radical (unpaired) electrons. The molecule has 7 nitrogen and oxygen atoms in total. The highest BCUT2D eigenvalue weighted by atomic mass is 32.1. The van der Waals surface area contributed by atoms with Crippen LogP contribution in [0.3, 0.4) is 0 Å². The molecule has 28 heavy (non-hydrogen) atoms. The monoisotopic (exact) mass is 414 g/mol. The number of amides is 2. The number of anilines is 2. The molecule has 2 aromatic carbocycles. The predicted molar refractivity (Wildman–Crippen MR) is 115 cm³/mol. The van der Waals surface area contributed by atoms with Gasteiger partial charge >= 0.3 is 0 Å². The number of nitrogens with zero attached hydrogens (tertiary/aromatic N) is 1. The second-order valence-corrected chi connectivity index (χ2v) is 7.19. The highest BCUT2D eigenvalue weighted by molar-refractivity contribution is 7.80. The quantitative estimate of drug-likeness (QED) is 0.550. The van der Waals surface area contributed by atoms with E-state index in [0.29, 0.717) is 28.7 Å². The van der Waals surface area contributed by atoms with Crippen molar-refractivity contribution >= 4 is 61.5 Å². The standard InChI is InChI=1S/C19H18N4O3S2/c1-3-26-14-6-4-5-12(9-14)17(25)22-18(27)23-19-21-15-8-7-13(20-11(2)24)10-16(15)28-19/h4-10H,3H2,1-2H3,(H,20,24)(H2,21,22,23,25,27). The van der Waals surface area contributed by atoms with Gasteiger partial charge in [-0.05, 0) is 55.5 Å². The molecule has 9 heteroatoms. The predicted octanol–water partition coefficient (Wildman–Crippen LogP) is 3.78. The smallest absolute Gasteiger partial charge is 0.257 e. The van der Waals surface area contributed by atoms with E-state index in [0.717, 1.165) is 10.2 Å². The molecule has 0 aliphatic heterocycles. The molecular formula is C19H18N4O3S2. The third-order valence-corrected chi connectivity index (χ3v) is 4.70. The lowest BCUT2D eigenvalue weighted by molar-refractivity contribution is -0.114. The van der Waals surface area contributed by atoms with Gasteiger partial charge in [-0.25, -0.2) is 4.98 Å². The van der Waals surface area contributed by atoms with Gasteiger partial charge in [0, 0.05) is 18.2 Å². The number of hydrogen-bond acceptors (Lipinski definition) is 6. The number of fused-ring (bicyclic) bond motifs is 1. The van der Waals surface area contributed by atoms with Crippen LogP contribution >= 0.6 is 23.6 Å². The Morgan fingerprint density at radius 2 is 2.00 bits per heavy atom. The lowest BCUT2D eigenvalue weighted by Crippen LogP contribution is -2.34. The lowest BCUT2D eigenvalue weighted by Gasteiger charge is -2.08. The molecule has 0 saturated carbocycles. The van der Waals surface area contributed by atoms with Crippen molar-refractivity contribution < 1.29 is 14.3 Å². The largest absolute Gasteiger partial charge is 0.494 e. The SMILES string of the molecule is CCOc1cccc(C(=O)NC(=S)Nc2nc3ccc(NC(C)=O)cc3s2)c1. The van der Waals surface area contributed by atoms with Crippen LogP contribution in [0.25, 0.3) is 10.2 Å². The fraction of sp³-hybridized carbons (Fsp3) is 0.158. The lowest BCUT2D eigenvalue weighted by atomic mass is 10.2. The van der Waals surface area contributed by atoms with E-state index >= 15 is 0 Å². The molecule has 0 fully saturated rings. The van der Waals surface area contributed by atoms with Gasteiger partial charge in [0.2, 0.25) is 5.91 Å². The number of aromatic nitrogens is 1. The van der Waals surface area contributed by atoms with Gasteiger partial charge < -0.3 is 15.4 Å². The van der Waals surface area contributed by atoms with E-state index in [1.54, 1.807) is 30.3 Å². The minimum absolute atomic E-state index is 0.139. The molecule has 0 aliphatic carbocycles.